The Hall–Kier alpha value is -4.89. The van der Waals surface area contributed by atoms with Gasteiger partial charge in [0.2, 0.25) is 11.1 Å². The molecule has 0 fully saturated rings. The molecule has 0 atom stereocenters. The number of rotatable bonds is 10. The normalized spacial score (nSPS) is 11.1. The molecule has 6 rings (SSSR count). The molecule has 2 aromatic heterocycles. The maximum absolute atomic E-state index is 12.9. The SMILES string of the molecule is CCn1c2ccccc2c2cc(NC(=O)CCSc3nnc(-c4ccc(OC)cc4)c(-c4ccc(OC)cc4)n3)ccc21. The molecule has 0 aliphatic rings. The summed E-state index contributed by atoms with van der Waals surface area (Å²) in [4.78, 5) is 17.8. The van der Waals surface area contributed by atoms with Crippen LogP contribution in [-0.2, 0) is 11.3 Å². The molecule has 4 aromatic carbocycles. The quantitative estimate of drug-likeness (QED) is 0.166. The van der Waals surface area contributed by atoms with Gasteiger partial charge in [-0.15, -0.1) is 10.2 Å². The van der Waals surface area contributed by atoms with Crippen molar-refractivity contribution in [3.8, 4) is 34.0 Å². The number of fused-ring (bicyclic) bond motifs is 3. The minimum atomic E-state index is -0.0655. The number of thioether (sulfide) groups is 1. The zero-order valence-electron chi connectivity index (χ0n) is 24.2. The second kappa shape index (κ2) is 12.5. The van der Waals surface area contributed by atoms with Crippen LogP contribution >= 0.6 is 11.8 Å². The summed E-state index contributed by atoms with van der Waals surface area (Å²) in [6.07, 6.45) is 0.306. The van der Waals surface area contributed by atoms with E-state index in [1.54, 1.807) is 14.2 Å². The number of aryl methyl sites for hydroxylation is 1. The number of nitrogens with one attached hydrogen (secondary N) is 1. The Labute approximate surface area is 254 Å². The van der Waals surface area contributed by atoms with Crippen LogP contribution in [0, 0.1) is 0 Å². The van der Waals surface area contributed by atoms with Gasteiger partial charge in [-0.1, -0.05) is 30.0 Å². The Morgan fingerprint density at radius 3 is 2.12 bits per heavy atom. The predicted octanol–water partition coefficient (Wildman–Crippen LogP) is 7.47. The molecule has 1 amide bonds. The lowest BCUT2D eigenvalue weighted by atomic mass is 10.0. The van der Waals surface area contributed by atoms with Crippen LogP contribution in [0.1, 0.15) is 13.3 Å². The maximum atomic E-state index is 12.9. The Kier molecular flexibility index (Phi) is 8.24. The predicted molar refractivity (Wildman–Crippen MR) is 173 cm³/mol. The molecule has 2 heterocycles. The van der Waals surface area contributed by atoms with Gasteiger partial charge in [0.15, 0.2) is 0 Å². The van der Waals surface area contributed by atoms with Crippen molar-refractivity contribution in [2.24, 2.45) is 0 Å². The third-order valence-electron chi connectivity index (χ3n) is 7.33. The van der Waals surface area contributed by atoms with Gasteiger partial charge in [-0.2, -0.15) is 0 Å². The second-order valence-electron chi connectivity index (χ2n) is 9.89. The van der Waals surface area contributed by atoms with Gasteiger partial charge in [0.25, 0.3) is 0 Å². The van der Waals surface area contributed by atoms with Gasteiger partial charge in [-0.3, -0.25) is 4.79 Å². The first-order valence-corrected chi connectivity index (χ1v) is 15.0. The van der Waals surface area contributed by atoms with E-state index in [4.69, 9.17) is 14.5 Å². The number of amides is 1. The number of benzene rings is 4. The summed E-state index contributed by atoms with van der Waals surface area (Å²) >= 11 is 1.40. The molecule has 1 N–H and O–H groups in total. The highest BCUT2D eigenvalue weighted by Gasteiger charge is 2.16. The summed E-state index contributed by atoms with van der Waals surface area (Å²) in [5, 5.41) is 14.8. The zero-order valence-corrected chi connectivity index (χ0v) is 25.0. The van der Waals surface area contributed by atoms with Crippen LogP contribution < -0.4 is 14.8 Å². The van der Waals surface area contributed by atoms with Crippen LogP contribution in [0.3, 0.4) is 0 Å². The molecular formula is C34H31N5O3S. The van der Waals surface area contributed by atoms with Crippen molar-refractivity contribution in [1.82, 2.24) is 19.7 Å². The Morgan fingerprint density at radius 1 is 0.791 bits per heavy atom. The average molecular weight is 590 g/mol. The van der Waals surface area contributed by atoms with E-state index in [1.165, 1.54) is 22.7 Å². The van der Waals surface area contributed by atoms with Gasteiger partial charge < -0.3 is 19.4 Å². The lowest BCUT2D eigenvalue weighted by molar-refractivity contribution is -0.115. The smallest absolute Gasteiger partial charge is 0.225 e. The second-order valence-corrected chi connectivity index (χ2v) is 11.0. The van der Waals surface area contributed by atoms with Crippen molar-refractivity contribution in [3.05, 3.63) is 91.0 Å². The van der Waals surface area contributed by atoms with Gasteiger partial charge in [0, 0.05) is 57.3 Å². The summed E-state index contributed by atoms with van der Waals surface area (Å²) in [6.45, 7) is 3.02. The number of methoxy groups -OCH3 is 2. The molecule has 0 radical (unpaired) electrons. The molecular weight excluding hydrogens is 558 g/mol. The molecule has 0 aliphatic carbocycles. The van der Waals surface area contributed by atoms with Crippen LogP contribution in [0.25, 0.3) is 44.3 Å². The van der Waals surface area contributed by atoms with Crippen molar-refractivity contribution < 1.29 is 14.3 Å². The number of carbonyl (C=O) groups excluding carboxylic acids is 1. The first-order chi connectivity index (χ1) is 21.1. The number of para-hydroxylation sites is 1. The summed E-state index contributed by atoms with van der Waals surface area (Å²) in [7, 11) is 3.27. The molecule has 0 unspecified atom stereocenters. The zero-order chi connectivity index (χ0) is 29.8. The molecule has 0 bridgehead atoms. The number of hydrogen-bond acceptors (Lipinski definition) is 7. The lowest BCUT2D eigenvalue weighted by Gasteiger charge is -2.11. The van der Waals surface area contributed by atoms with Crippen LogP contribution in [0.15, 0.2) is 96.2 Å². The molecule has 6 aromatic rings. The number of aromatic nitrogens is 4. The Morgan fingerprint density at radius 2 is 1.44 bits per heavy atom. The minimum absolute atomic E-state index is 0.0655. The summed E-state index contributed by atoms with van der Waals surface area (Å²) < 4.78 is 12.9. The Bertz CT molecular complexity index is 1900. The summed E-state index contributed by atoms with van der Waals surface area (Å²) in [5.41, 5.74) is 6.27. The number of carbonyl (C=O) groups is 1. The highest BCUT2D eigenvalue weighted by atomic mass is 32.2. The fraction of sp³-hybridized carbons (Fsp3) is 0.176. The van der Waals surface area contributed by atoms with Crippen LogP contribution in [0.2, 0.25) is 0 Å². The minimum Gasteiger partial charge on any atom is -0.497 e. The van der Waals surface area contributed by atoms with Crippen LogP contribution in [0.4, 0.5) is 5.69 Å². The van der Waals surface area contributed by atoms with E-state index >= 15 is 0 Å². The van der Waals surface area contributed by atoms with E-state index in [2.05, 4.69) is 57.3 Å². The van der Waals surface area contributed by atoms with Gasteiger partial charge in [0.1, 0.15) is 22.9 Å². The van der Waals surface area contributed by atoms with Gasteiger partial charge in [0.05, 0.1) is 14.2 Å². The average Bonchev–Trinajstić information content (AvgIpc) is 3.37. The monoisotopic (exact) mass is 589 g/mol. The van der Waals surface area contributed by atoms with Gasteiger partial charge in [-0.25, -0.2) is 4.98 Å². The molecule has 9 heteroatoms. The number of hydrogen-bond donors (Lipinski definition) is 1. The fourth-order valence-electron chi connectivity index (χ4n) is 5.20. The molecule has 8 nitrogen and oxygen atoms in total. The van der Waals surface area contributed by atoms with E-state index in [0.717, 1.165) is 45.8 Å². The van der Waals surface area contributed by atoms with Gasteiger partial charge >= 0.3 is 0 Å². The fourth-order valence-corrected chi connectivity index (χ4v) is 5.92. The van der Waals surface area contributed by atoms with Crippen molar-refractivity contribution in [1.29, 1.82) is 0 Å². The third kappa shape index (κ3) is 5.89. The molecule has 0 saturated carbocycles. The van der Waals surface area contributed by atoms with Crippen LogP contribution in [0.5, 0.6) is 11.5 Å². The van der Waals surface area contributed by atoms with E-state index in [-0.39, 0.29) is 5.91 Å². The summed E-state index contributed by atoms with van der Waals surface area (Å²) in [6, 6.07) is 29.8. The van der Waals surface area contributed by atoms with Crippen molar-refractivity contribution >= 4 is 45.2 Å². The van der Waals surface area contributed by atoms with Crippen molar-refractivity contribution in [3.63, 3.8) is 0 Å². The number of anilines is 1. The van der Waals surface area contributed by atoms with E-state index in [1.807, 2.05) is 60.7 Å². The first-order valence-electron chi connectivity index (χ1n) is 14.0. The largest absolute Gasteiger partial charge is 0.497 e. The van der Waals surface area contributed by atoms with Crippen LogP contribution in [-0.4, -0.2) is 45.6 Å². The van der Waals surface area contributed by atoms with Crippen molar-refractivity contribution in [2.75, 3.05) is 25.3 Å². The molecule has 43 heavy (non-hydrogen) atoms. The van der Waals surface area contributed by atoms with E-state index in [9.17, 15) is 4.79 Å². The van der Waals surface area contributed by atoms with E-state index < -0.39 is 0 Å². The van der Waals surface area contributed by atoms with Gasteiger partial charge in [-0.05, 0) is 79.7 Å². The Balaban J connectivity index is 1.17. The molecule has 216 valence electrons. The highest BCUT2D eigenvalue weighted by molar-refractivity contribution is 7.99. The van der Waals surface area contributed by atoms with E-state index in [0.29, 0.717) is 28.7 Å². The molecule has 0 aliphatic heterocycles. The highest BCUT2D eigenvalue weighted by Crippen LogP contribution is 2.33. The lowest BCUT2D eigenvalue weighted by Crippen LogP contribution is -2.12. The summed E-state index contributed by atoms with van der Waals surface area (Å²) in [5.74, 6) is 1.96. The molecule has 0 spiro atoms. The molecule has 0 saturated heterocycles. The van der Waals surface area contributed by atoms with Crippen molar-refractivity contribution in [2.45, 2.75) is 25.0 Å². The standard InChI is InChI=1S/C34H31N5O3S/c1-4-39-29-8-6-5-7-27(29)28-21-24(13-18-30(28)39)35-31(40)19-20-43-34-36-32(22-9-14-25(41-2)15-10-22)33(37-38-34)23-11-16-26(42-3)17-12-23/h5-18,21H,4,19-20H2,1-3H3,(H,35,40). The first kappa shape index (κ1) is 28.2. The topological polar surface area (TPSA) is 91.2 Å². The maximum Gasteiger partial charge on any atom is 0.225 e. The number of ether oxygens (including phenoxy) is 2. The third-order valence-corrected chi connectivity index (χ3v) is 8.17. The number of nitrogens with zero attached hydrogens (tertiary/aromatic N) is 4.